The van der Waals surface area contributed by atoms with Crippen molar-refractivity contribution in [3.8, 4) is 112 Å². The van der Waals surface area contributed by atoms with Crippen LogP contribution in [0.2, 0.25) is 0 Å². The van der Waals surface area contributed by atoms with Crippen LogP contribution in [0.5, 0.6) is 0 Å². The van der Waals surface area contributed by atoms with Crippen molar-refractivity contribution in [2.45, 2.75) is 0 Å². The molecule has 1 aliphatic rings. The average Bonchev–Trinajstić information content (AvgIpc) is 3.73. The van der Waals surface area contributed by atoms with Crippen molar-refractivity contribution in [1.29, 1.82) is 0 Å². The number of hydrogen-bond donors (Lipinski definition) is 0. The molecule has 0 bridgehead atoms. The van der Waals surface area contributed by atoms with Crippen LogP contribution in [-0.4, -0.2) is 15.0 Å². The summed E-state index contributed by atoms with van der Waals surface area (Å²) >= 11 is 0. The summed E-state index contributed by atoms with van der Waals surface area (Å²) in [7, 11) is 0. The van der Waals surface area contributed by atoms with Crippen LogP contribution in [0.15, 0.2) is 231 Å². The predicted molar refractivity (Wildman–Crippen MR) is 272 cm³/mol. The molecule has 1 aliphatic carbocycles. The summed E-state index contributed by atoms with van der Waals surface area (Å²) in [5.41, 5.74) is 19.2. The quantitative estimate of drug-likeness (QED) is 0.143. The van der Waals surface area contributed by atoms with Gasteiger partial charge < -0.3 is 0 Å². The van der Waals surface area contributed by atoms with Gasteiger partial charge >= 0.3 is 0 Å². The van der Waals surface area contributed by atoms with E-state index in [-0.39, 0.29) is 0 Å². The van der Waals surface area contributed by atoms with Crippen molar-refractivity contribution < 1.29 is 0 Å². The first-order chi connectivity index (χ1) is 32.6. The van der Waals surface area contributed by atoms with E-state index in [0.717, 1.165) is 66.8 Å². The maximum absolute atomic E-state index is 8.13. The molecule has 0 aliphatic heterocycles. The lowest BCUT2D eigenvalue weighted by molar-refractivity contribution is 1.07. The topological polar surface area (TPSA) is 43.0 Å². The predicted octanol–water partition coefficient (Wildman–Crippen LogP) is 16.6. The van der Waals surface area contributed by atoms with E-state index >= 15 is 0 Å². The monoisotopic (exact) mass is 838 g/mol. The minimum absolute atomic E-state index is 0.603. The van der Waals surface area contributed by atoms with Gasteiger partial charge in [0.15, 0.2) is 23.2 Å². The first-order valence-electron chi connectivity index (χ1n) is 22.1. The van der Waals surface area contributed by atoms with Gasteiger partial charge in [-0.1, -0.05) is 206 Å². The Bertz CT molecular complexity index is 3690. The Balaban J connectivity index is 0.854. The first-order valence-corrected chi connectivity index (χ1v) is 22.1. The highest BCUT2D eigenvalue weighted by Crippen LogP contribution is 2.48. The average molecular weight is 839 g/mol. The van der Waals surface area contributed by atoms with Gasteiger partial charge in [-0.25, -0.2) is 19.8 Å². The molecule has 12 rings (SSSR count). The van der Waals surface area contributed by atoms with Crippen LogP contribution in [0.25, 0.3) is 128 Å². The molecular weight excluding hydrogens is 801 g/mol. The first kappa shape index (κ1) is 38.6. The van der Waals surface area contributed by atoms with E-state index in [1.54, 1.807) is 0 Å². The van der Waals surface area contributed by atoms with Crippen molar-refractivity contribution in [3.63, 3.8) is 0 Å². The van der Waals surface area contributed by atoms with Crippen LogP contribution in [0.4, 0.5) is 5.69 Å². The van der Waals surface area contributed by atoms with Gasteiger partial charge in [0.25, 0.3) is 0 Å². The van der Waals surface area contributed by atoms with E-state index in [2.05, 4.69) is 193 Å². The zero-order valence-electron chi connectivity index (χ0n) is 35.7. The largest absolute Gasteiger partial charge is 0.238 e. The maximum Gasteiger partial charge on any atom is 0.194 e. The van der Waals surface area contributed by atoms with Crippen molar-refractivity contribution in [2.24, 2.45) is 0 Å². The van der Waals surface area contributed by atoms with Crippen LogP contribution in [0.1, 0.15) is 0 Å². The fourth-order valence-electron chi connectivity index (χ4n) is 9.39. The molecule has 0 unspecified atom stereocenters. The Morgan fingerprint density at radius 2 is 0.652 bits per heavy atom. The highest BCUT2D eigenvalue weighted by molar-refractivity contribution is 6.15. The molecular formula is C62H38N4. The molecule has 10 aromatic carbocycles. The number of rotatable bonds is 8. The third kappa shape index (κ3) is 7.02. The molecule has 0 amide bonds. The van der Waals surface area contributed by atoms with Crippen LogP contribution < -0.4 is 0 Å². The summed E-state index contributed by atoms with van der Waals surface area (Å²) in [6, 6.07) is 80.5. The van der Waals surface area contributed by atoms with Gasteiger partial charge in [-0.05, 0) is 113 Å². The van der Waals surface area contributed by atoms with E-state index in [0.29, 0.717) is 23.2 Å². The van der Waals surface area contributed by atoms with Gasteiger partial charge in [0.1, 0.15) is 0 Å². The van der Waals surface area contributed by atoms with Gasteiger partial charge in [-0.15, -0.1) is 0 Å². The number of fused-ring (bicyclic) bond motifs is 3. The fourth-order valence-corrected chi connectivity index (χ4v) is 9.39. The summed E-state index contributed by atoms with van der Waals surface area (Å²) in [6.45, 7) is 8.13. The molecule has 0 saturated carbocycles. The Morgan fingerprint density at radius 3 is 1.29 bits per heavy atom. The standard InChI is InChI=1S/C62H38N4/c1-63-58-34-32-50(48-22-8-21-47(35-48)49-31-33-53-54-25-11-17-42-18-12-26-55(59(42)54)57(53)39-49)38-56(58)51-23-9-19-45(36-51)41-27-29-44(30-28-41)61-64-60(43-15-6-3-7-16-43)65-62(66-61)52-24-10-20-46(37-52)40-13-4-2-5-14-40/h2-39H. The van der Waals surface area contributed by atoms with Gasteiger partial charge in [-0.3, -0.25) is 0 Å². The summed E-state index contributed by atoms with van der Waals surface area (Å²) in [5, 5.41) is 2.61. The minimum atomic E-state index is 0.603. The van der Waals surface area contributed by atoms with E-state index in [1.165, 1.54) is 38.6 Å². The SMILES string of the molecule is [C-]#[N+]c1ccc(-c2cccc(-c3ccc4c(c3)-c3cccc5cccc-4c35)c2)cc1-c1cccc(-c2ccc(-c3nc(-c4ccccc4)nc(-c4cccc(-c5ccccc5)c4)n3)cc2)c1. The molecule has 0 radical (unpaired) electrons. The molecule has 4 heteroatoms. The maximum atomic E-state index is 8.13. The van der Waals surface area contributed by atoms with E-state index in [1.807, 2.05) is 42.5 Å². The van der Waals surface area contributed by atoms with Crippen molar-refractivity contribution in [1.82, 2.24) is 15.0 Å². The molecule has 0 N–H and O–H groups in total. The summed E-state index contributed by atoms with van der Waals surface area (Å²) in [5.74, 6) is 1.84. The molecule has 1 heterocycles. The van der Waals surface area contributed by atoms with E-state index in [4.69, 9.17) is 21.5 Å². The summed E-state index contributed by atoms with van der Waals surface area (Å²) in [4.78, 5) is 19.0. The lowest BCUT2D eigenvalue weighted by Gasteiger charge is -2.12. The summed E-state index contributed by atoms with van der Waals surface area (Å²) in [6.07, 6.45) is 0. The number of hydrogen-bond acceptors (Lipinski definition) is 3. The van der Waals surface area contributed by atoms with Gasteiger partial charge in [0.05, 0.1) is 6.57 Å². The van der Waals surface area contributed by atoms with Crippen molar-refractivity contribution in [2.75, 3.05) is 0 Å². The van der Waals surface area contributed by atoms with Crippen LogP contribution in [0, 0.1) is 6.57 Å². The minimum Gasteiger partial charge on any atom is -0.238 e. The number of nitrogens with zero attached hydrogens (tertiary/aromatic N) is 4. The highest BCUT2D eigenvalue weighted by Gasteiger charge is 2.22. The second kappa shape index (κ2) is 16.3. The van der Waals surface area contributed by atoms with Crippen molar-refractivity contribution in [3.05, 3.63) is 242 Å². The molecule has 0 atom stereocenters. The Labute approximate surface area is 383 Å². The van der Waals surface area contributed by atoms with Crippen LogP contribution in [0.3, 0.4) is 0 Å². The number of aromatic nitrogens is 3. The number of benzene rings is 10. The van der Waals surface area contributed by atoms with Gasteiger partial charge in [0.2, 0.25) is 0 Å². The molecule has 11 aromatic rings. The Kier molecular flexibility index (Phi) is 9.51. The van der Waals surface area contributed by atoms with Crippen LogP contribution >= 0.6 is 0 Å². The zero-order chi connectivity index (χ0) is 44.0. The Morgan fingerprint density at radius 1 is 0.258 bits per heavy atom. The highest BCUT2D eigenvalue weighted by atomic mass is 15.0. The van der Waals surface area contributed by atoms with Gasteiger partial charge in [-0.2, -0.15) is 0 Å². The van der Waals surface area contributed by atoms with E-state index < -0.39 is 0 Å². The van der Waals surface area contributed by atoms with Gasteiger partial charge in [0, 0.05) is 16.7 Å². The third-order valence-corrected chi connectivity index (χ3v) is 12.7. The smallest absolute Gasteiger partial charge is 0.194 e. The summed E-state index contributed by atoms with van der Waals surface area (Å²) < 4.78 is 0. The van der Waals surface area contributed by atoms with Crippen LogP contribution in [-0.2, 0) is 0 Å². The Hall–Kier alpha value is -9.04. The molecule has 0 fully saturated rings. The van der Waals surface area contributed by atoms with E-state index in [9.17, 15) is 0 Å². The lowest BCUT2D eigenvalue weighted by Crippen LogP contribution is -2.00. The normalized spacial score (nSPS) is 11.3. The zero-order valence-corrected chi connectivity index (χ0v) is 35.7. The third-order valence-electron chi connectivity index (χ3n) is 12.7. The second-order valence-electron chi connectivity index (χ2n) is 16.7. The molecule has 66 heavy (non-hydrogen) atoms. The molecule has 4 nitrogen and oxygen atoms in total. The molecule has 306 valence electrons. The van der Waals surface area contributed by atoms with Crippen molar-refractivity contribution >= 4 is 16.5 Å². The lowest BCUT2D eigenvalue weighted by atomic mass is 9.93. The molecule has 0 spiro atoms. The molecule has 0 saturated heterocycles. The molecule has 1 aromatic heterocycles. The second-order valence-corrected chi connectivity index (χ2v) is 16.7. The fraction of sp³-hybridized carbons (Fsp3) is 0.